The Morgan fingerprint density at radius 3 is 2.57 bits per heavy atom. The number of aromatic nitrogens is 2. The summed E-state index contributed by atoms with van der Waals surface area (Å²) in [5, 5.41) is 4.22. The molecule has 2 rings (SSSR count). The number of benzene rings is 1. The van der Waals surface area contributed by atoms with Crippen LogP contribution in [-0.4, -0.2) is 23.7 Å². The van der Waals surface area contributed by atoms with E-state index >= 15 is 0 Å². The monoisotopic (exact) mass is 347 g/mol. The number of sulfone groups is 1. The second-order valence-electron chi connectivity index (χ2n) is 5.02. The van der Waals surface area contributed by atoms with Crippen molar-refractivity contribution in [2.75, 3.05) is 5.73 Å². The van der Waals surface area contributed by atoms with Crippen molar-refractivity contribution in [2.24, 2.45) is 0 Å². The molecule has 0 saturated heterocycles. The lowest BCUT2D eigenvalue weighted by Gasteiger charge is -2.10. The zero-order valence-electron chi connectivity index (χ0n) is 12.3. The van der Waals surface area contributed by atoms with Crippen LogP contribution in [0.3, 0.4) is 0 Å². The summed E-state index contributed by atoms with van der Waals surface area (Å²) in [6.07, 6.45) is 2.55. The summed E-state index contributed by atoms with van der Waals surface area (Å²) in [6.45, 7) is 2.02. The molecule has 2 N–H and O–H groups in total. The Hall–Kier alpha value is -2.03. The van der Waals surface area contributed by atoms with Gasteiger partial charge in [-0.2, -0.15) is 18.3 Å². The van der Waals surface area contributed by atoms with Crippen molar-refractivity contribution in [3.8, 4) is 5.69 Å². The molecule has 0 spiro atoms. The van der Waals surface area contributed by atoms with Gasteiger partial charge in [0, 0.05) is 6.07 Å². The maximum atomic E-state index is 12.6. The number of nitrogens with zero attached hydrogens (tertiary/aromatic N) is 2. The van der Waals surface area contributed by atoms with Gasteiger partial charge in [0.15, 0.2) is 0 Å². The minimum absolute atomic E-state index is 0.163. The van der Waals surface area contributed by atoms with Gasteiger partial charge in [-0.25, -0.2) is 13.1 Å². The number of alkyl halides is 3. The Morgan fingerprint density at radius 1 is 1.26 bits per heavy atom. The van der Waals surface area contributed by atoms with E-state index in [4.69, 9.17) is 5.73 Å². The van der Waals surface area contributed by atoms with Gasteiger partial charge < -0.3 is 5.73 Å². The van der Waals surface area contributed by atoms with Gasteiger partial charge in [0.1, 0.15) is 5.82 Å². The van der Waals surface area contributed by atoms with Crippen LogP contribution in [0.15, 0.2) is 35.2 Å². The van der Waals surface area contributed by atoms with E-state index in [2.05, 4.69) is 5.10 Å². The first-order valence-corrected chi connectivity index (χ1v) is 8.41. The van der Waals surface area contributed by atoms with E-state index in [-0.39, 0.29) is 11.5 Å². The highest BCUT2D eigenvalue weighted by atomic mass is 32.2. The molecule has 0 aliphatic heterocycles. The Kier molecular flexibility index (Phi) is 4.69. The molecule has 0 atom stereocenters. The fourth-order valence-corrected chi connectivity index (χ4v) is 2.85. The van der Waals surface area contributed by atoms with E-state index in [1.54, 1.807) is 6.07 Å². The van der Waals surface area contributed by atoms with Gasteiger partial charge in [0.2, 0.25) is 0 Å². The predicted molar refractivity (Wildman–Crippen MR) is 79.8 cm³/mol. The van der Waals surface area contributed by atoms with Crippen LogP contribution in [0, 0.1) is 0 Å². The van der Waals surface area contributed by atoms with E-state index in [0.717, 1.165) is 25.0 Å². The second-order valence-corrected chi connectivity index (χ2v) is 6.96. The SMILES string of the molecule is CCCCc1cc(N)n(-c2cccc(S(=O)(=O)C(F)(F)F)c2)n1. The first-order valence-electron chi connectivity index (χ1n) is 6.93. The average molecular weight is 347 g/mol. The van der Waals surface area contributed by atoms with Crippen LogP contribution >= 0.6 is 0 Å². The van der Waals surface area contributed by atoms with Gasteiger partial charge in [-0.15, -0.1) is 0 Å². The maximum absolute atomic E-state index is 12.6. The zero-order valence-corrected chi connectivity index (χ0v) is 13.2. The topological polar surface area (TPSA) is 78.0 Å². The molecule has 2 aromatic rings. The minimum Gasteiger partial charge on any atom is -0.384 e. The van der Waals surface area contributed by atoms with Crippen molar-refractivity contribution < 1.29 is 21.6 Å². The van der Waals surface area contributed by atoms with Crippen LogP contribution in [0.2, 0.25) is 0 Å². The molecule has 1 aromatic heterocycles. The highest BCUT2D eigenvalue weighted by Crippen LogP contribution is 2.31. The van der Waals surface area contributed by atoms with Crippen molar-refractivity contribution in [3.63, 3.8) is 0 Å². The summed E-state index contributed by atoms with van der Waals surface area (Å²) in [4.78, 5) is -0.840. The van der Waals surface area contributed by atoms with Crippen LogP contribution in [0.5, 0.6) is 0 Å². The van der Waals surface area contributed by atoms with Crippen molar-refractivity contribution in [3.05, 3.63) is 36.0 Å². The highest BCUT2D eigenvalue weighted by Gasteiger charge is 2.46. The van der Waals surface area contributed by atoms with E-state index in [9.17, 15) is 21.6 Å². The first kappa shape index (κ1) is 17.3. The third kappa shape index (κ3) is 3.49. The second kappa shape index (κ2) is 6.23. The minimum atomic E-state index is -5.41. The van der Waals surface area contributed by atoms with Gasteiger partial charge in [-0.05, 0) is 31.0 Å². The Balaban J connectivity index is 2.43. The summed E-state index contributed by atoms with van der Waals surface area (Å²) >= 11 is 0. The molecule has 1 aromatic carbocycles. The third-order valence-corrected chi connectivity index (χ3v) is 4.74. The molecule has 5 nitrogen and oxygen atoms in total. The van der Waals surface area contributed by atoms with Crippen LogP contribution in [0.4, 0.5) is 19.0 Å². The normalized spacial score (nSPS) is 12.5. The summed E-state index contributed by atoms with van der Waals surface area (Å²) in [5.74, 6) is 0.234. The first-order chi connectivity index (χ1) is 10.7. The lowest BCUT2D eigenvalue weighted by molar-refractivity contribution is -0.0436. The number of hydrogen-bond acceptors (Lipinski definition) is 4. The van der Waals surface area contributed by atoms with Gasteiger partial charge in [0.05, 0.1) is 16.3 Å². The smallest absolute Gasteiger partial charge is 0.384 e. The number of unbranched alkanes of at least 4 members (excludes halogenated alkanes) is 1. The summed E-state index contributed by atoms with van der Waals surface area (Å²) in [6, 6.07) is 6.10. The summed E-state index contributed by atoms with van der Waals surface area (Å²) < 4.78 is 62.1. The Bertz CT molecular complexity index is 798. The number of anilines is 1. The van der Waals surface area contributed by atoms with Crippen LogP contribution < -0.4 is 5.73 Å². The molecule has 23 heavy (non-hydrogen) atoms. The molecular weight excluding hydrogens is 331 g/mol. The third-order valence-electron chi connectivity index (χ3n) is 3.25. The summed E-state index contributed by atoms with van der Waals surface area (Å²) in [7, 11) is -5.41. The number of hydrogen-bond donors (Lipinski definition) is 1. The molecule has 126 valence electrons. The number of nitrogen functional groups attached to an aromatic ring is 1. The molecular formula is C14H16F3N3O2S. The molecule has 0 aliphatic carbocycles. The average Bonchev–Trinajstić information content (AvgIpc) is 2.85. The van der Waals surface area contributed by atoms with Crippen molar-refractivity contribution in [1.82, 2.24) is 9.78 Å². The maximum Gasteiger partial charge on any atom is 0.501 e. The van der Waals surface area contributed by atoms with Crippen molar-refractivity contribution in [1.29, 1.82) is 0 Å². The molecule has 0 radical (unpaired) electrons. The van der Waals surface area contributed by atoms with E-state index in [1.807, 2.05) is 6.92 Å². The number of aryl methyl sites for hydroxylation is 1. The van der Waals surface area contributed by atoms with Gasteiger partial charge in [-0.1, -0.05) is 19.4 Å². The molecule has 0 fully saturated rings. The van der Waals surface area contributed by atoms with E-state index in [0.29, 0.717) is 12.1 Å². The highest BCUT2D eigenvalue weighted by molar-refractivity contribution is 7.92. The quantitative estimate of drug-likeness (QED) is 0.901. The Labute approximate surface area is 131 Å². The van der Waals surface area contributed by atoms with E-state index < -0.39 is 20.2 Å². The molecule has 0 aliphatic rings. The summed E-state index contributed by atoms with van der Waals surface area (Å²) in [5.41, 5.74) is 1.33. The van der Waals surface area contributed by atoms with Crippen molar-refractivity contribution in [2.45, 2.75) is 36.6 Å². The van der Waals surface area contributed by atoms with Crippen LogP contribution in [0.1, 0.15) is 25.5 Å². The predicted octanol–water partition coefficient (Wildman–Crippen LogP) is 3.09. The molecule has 1 heterocycles. The number of halogens is 3. The van der Waals surface area contributed by atoms with Gasteiger partial charge in [-0.3, -0.25) is 0 Å². The zero-order chi connectivity index (χ0) is 17.3. The van der Waals surface area contributed by atoms with Crippen molar-refractivity contribution >= 4 is 15.7 Å². The lowest BCUT2D eigenvalue weighted by Crippen LogP contribution is -2.23. The van der Waals surface area contributed by atoms with Gasteiger partial charge >= 0.3 is 5.51 Å². The molecule has 0 unspecified atom stereocenters. The lowest BCUT2D eigenvalue weighted by atomic mass is 10.2. The number of nitrogens with two attached hydrogens (primary N) is 1. The fraction of sp³-hybridized carbons (Fsp3) is 0.357. The van der Waals surface area contributed by atoms with E-state index in [1.165, 1.54) is 16.8 Å². The van der Waals surface area contributed by atoms with Gasteiger partial charge in [0.25, 0.3) is 9.84 Å². The molecule has 0 bridgehead atoms. The number of rotatable bonds is 5. The van der Waals surface area contributed by atoms with Crippen LogP contribution in [-0.2, 0) is 16.3 Å². The largest absolute Gasteiger partial charge is 0.501 e. The van der Waals surface area contributed by atoms with Crippen LogP contribution in [0.25, 0.3) is 5.69 Å². The molecule has 0 saturated carbocycles. The molecule has 9 heteroatoms. The standard InChI is InChI=1S/C14H16F3N3O2S/c1-2-3-5-10-8-13(18)20(19-10)11-6-4-7-12(9-11)23(21,22)14(15,16)17/h4,6-9H,2-3,5,18H2,1H3. The molecule has 0 amide bonds. The Morgan fingerprint density at radius 2 is 1.96 bits per heavy atom. The fourth-order valence-electron chi connectivity index (χ4n) is 2.05.